The highest BCUT2D eigenvalue weighted by Gasteiger charge is 2.43. The van der Waals surface area contributed by atoms with Gasteiger partial charge >= 0.3 is 12.1 Å². The van der Waals surface area contributed by atoms with Crippen LogP contribution in [0.25, 0.3) is 0 Å². The lowest BCUT2D eigenvalue weighted by molar-refractivity contribution is -0.145. The lowest BCUT2D eigenvalue weighted by Crippen LogP contribution is -2.54. The fourth-order valence-corrected chi connectivity index (χ4v) is 3.03. The van der Waals surface area contributed by atoms with Gasteiger partial charge in [0.1, 0.15) is 6.61 Å². The van der Waals surface area contributed by atoms with E-state index in [0.717, 1.165) is 5.56 Å². The number of carboxylic acids is 1. The average Bonchev–Trinajstić information content (AvgIpc) is 2.53. The molecule has 1 fully saturated rings. The Hall–Kier alpha value is -2.30. The third-order valence-electron chi connectivity index (χ3n) is 4.10. The molecular formula is C16H17NO4. The first-order valence-electron chi connectivity index (χ1n) is 7.03. The second kappa shape index (κ2) is 5.60. The predicted molar refractivity (Wildman–Crippen MR) is 75.5 cm³/mol. The number of piperidine rings is 1. The van der Waals surface area contributed by atoms with E-state index in [2.05, 4.69) is 0 Å². The SMILES string of the molecule is O=C(O)C1CC2C=CC1N(C(=O)OCc1ccccc1)C2. The van der Waals surface area contributed by atoms with Crippen molar-refractivity contribution in [3.63, 3.8) is 0 Å². The molecule has 21 heavy (non-hydrogen) atoms. The zero-order chi connectivity index (χ0) is 14.8. The van der Waals surface area contributed by atoms with Crippen molar-refractivity contribution in [1.29, 1.82) is 0 Å². The maximum Gasteiger partial charge on any atom is 0.410 e. The number of carbonyl (C=O) groups is 2. The van der Waals surface area contributed by atoms with E-state index in [1.54, 1.807) is 0 Å². The van der Waals surface area contributed by atoms with E-state index in [9.17, 15) is 14.7 Å². The standard InChI is InChI=1S/C16H17NO4/c18-15(19)13-8-12-6-7-14(13)17(9-12)16(20)21-10-11-4-2-1-3-5-11/h1-7,12-14H,8-10H2,(H,18,19). The smallest absolute Gasteiger partial charge is 0.410 e. The summed E-state index contributed by atoms with van der Waals surface area (Å²) < 4.78 is 5.31. The molecule has 110 valence electrons. The molecule has 1 aromatic rings. The minimum atomic E-state index is -0.852. The Morgan fingerprint density at radius 1 is 1.24 bits per heavy atom. The van der Waals surface area contributed by atoms with Crippen LogP contribution in [0.1, 0.15) is 12.0 Å². The van der Waals surface area contributed by atoms with Gasteiger partial charge in [-0.25, -0.2) is 4.79 Å². The van der Waals surface area contributed by atoms with Crippen LogP contribution >= 0.6 is 0 Å². The first-order chi connectivity index (χ1) is 10.1. The minimum Gasteiger partial charge on any atom is -0.481 e. The lowest BCUT2D eigenvalue weighted by atomic mass is 9.78. The van der Waals surface area contributed by atoms with Crippen molar-refractivity contribution in [3.05, 3.63) is 48.0 Å². The molecule has 0 radical (unpaired) electrons. The molecule has 5 heteroatoms. The van der Waals surface area contributed by atoms with Gasteiger partial charge in [-0.3, -0.25) is 4.79 Å². The molecule has 4 rings (SSSR count). The summed E-state index contributed by atoms with van der Waals surface area (Å²) in [5.74, 6) is -1.27. The van der Waals surface area contributed by atoms with Gasteiger partial charge in [-0.2, -0.15) is 0 Å². The molecule has 0 aromatic heterocycles. The Labute approximate surface area is 122 Å². The van der Waals surface area contributed by atoms with Crippen LogP contribution in [0.15, 0.2) is 42.5 Å². The van der Waals surface area contributed by atoms with Gasteiger partial charge in [-0.05, 0) is 17.9 Å². The van der Waals surface area contributed by atoms with Gasteiger partial charge in [-0.15, -0.1) is 0 Å². The van der Waals surface area contributed by atoms with Crippen LogP contribution in [0, 0.1) is 11.8 Å². The predicted octanol–water partition coefficient (Wildman–Crippen LogP) is 2.28. The van der Waals surface area contributed by atoms with Crippen LogP contribution in [0.2, 0.25) is 0 Å². The monoisotopic (exact) mass is 287 g/mol. The Morgan fingerprint density at radius 2 is 2.00 bits per heavy atom. The fraction of sp³-hybridized carbons (Fsp3) is 0.375. The molecule has 3 aliphatic rings. The van der Waals surface area contributed by atoms with Gasteiger partial charge < -0.3 is 14.7 Å². The van der Waals surface area contributed by atoms with Gasteiger partial charge in [-0.1, -0.05) is 42.5 Å². The van der Waals surface area contributed by atoms with E-state index >= 15 is 0 Å². The highest BCUT2D eigenvalue weighted by Crippen LogP contribution is 2.34. The maximum absolute atomic E-state index is 12.2. The van der Waals surface area contributed by atoms with Crippen molar-refractivity contribution in [2.24, 2.45) is 11.8 Å². The summed E-state index contributed by atoms with van der Waals surface area (Å²) in [5.41, 5.74) is 0.915. The molecule has 1 aliphatic carbocycles. The summed E-state index contributed by atoms with van der Waals surface area (Å²) in [6.45, 7) is 0.744. The van der Waals surface area contributed by atoms with Gasteiger partial charge in [0.05, 0.1) is 12.0 Å². The second-order valence-electron chi connectivity index (χ2n) is 5.51. The van der Waals surface area contributed by atoms with Crippen molar-refractivity contribution in [2.45, 2.75) is 19.1 Å². The van der Waals surface area contributed by atoms with Crippen LogP contribution in [0.4, 0.5) is 4.79 Å². The van der Waals surface area contributed by atoms with Crippen molar-refractivity contribution in [2.75, 3.05) is 6.54 Å². The molecule has 2 aliphatic heterocycles. The number of carboxylic acid groups (broad SMARTS) is 1. The Balaban J connectivity index is 1.65. The van der Waals surface area contributed by atoms with Gasteiger partial charge in [0.15, 0.2) is 0 Å². The number of ether oxygens (including phenoxy) is 1. The lowest BCUT2D eigenvalue weighted by Gasteiger charge is -2.43. The Morgan fingerprint density at radius 3 is 2.67 bits per heavy atom. The average molecular weight is 287 g/mol. The molecular weight excluding hydrogens is 270 g/mol. The van der Waals surface area contributed by atoms with Crippen LogP contribution in [0.3, 0.4) is 0 Å². The van der Waals surface area contributed by atoms with Crippen molar-refractivity contribution < 1.29 is 19.4 Å². The summed E-state index contributed by atoms with van der Waals surface area (Å²) in [4.78, 5) is 25.0. The van der Waals surface area contributed by atoms with Crippen molar-refractivity contribution in [3.8, 4) is 0 Å². The number of aliphatic carboxylic acids is 1. The summed E-state index contributed by atoms with van der Waals surface area (Å²) >= 11 is 0. The molecule has 3 atom stereocenters. The third-order valence-corrected chi connectivity index (χ3v) is 4.10. The third kappa shape index (κ3) is 2.77. The number of rotatable bonds is 3. The summed E-state index contributed by atoms with van der Waals surface area (Å²) in [5, 5.41) is 9.26. The minimum absolute atomic E-state index is 0.111. The number of hydrogen-bond donors (Lipinski definition) is 1. The zero-order valence-corrected chi connectivity index (χ0v) is 11.5. The van der Waals surface area contributed by atoms with E-state index in [0.29, 0.717) is 13.0 Å². The molecule has 1 saturated heterocycles. The van der Waals surface area contributed by atoms with E-state index < -0.39 is 24.0 Å². The van der Waals surface area contributed by atoms with E-state index in [4.69, 9.17) is 4.74 Å². The van der Waals surface area contributed by atoms with Crippen molar-refractivity contribution in [1.82, 2.24) is 4.90 Å². The number of nitrogens with zero attached hydrogens (tertiary/aromatic N) is 1. The van der Waals surface area contributed by atoms with E-state index in [-0.39, 0.29) is 12.5 Å². The molecule has 2 heterocycles. The van der Waals surface area contributed by atoms with Crippen LogP contribution in [-0.4, -0.2) is 34.7 Å². The van der Waals surface area contributed by atoms with Crippen LogP contribution in [0.5, 0.6) is 0 Å². The Bertz CT molecular complexity index is 569. The van der Waals surface area contributed by atoms with Gasteiger partial charge in [0.2, 0.25) is 0 Å². The highest BCUT2D eigenvalue weighted by molar-refractivity contribution is 5.75. The topological polar surface area (TPSA) is 66.8 Å². The maximum atomic E-state index is 12.2. The largest absolute Gasteiger partial charge is 0.481 e. The van der Waals surface area contributed by atoms with Crippen LogP contribution < -0.4 is 0 Å². The summed E-state index contributed by atoms with van der Waals surface area (Å²) in [6.07, 6.45) is 3.98. The normalized spacial score (nSPS) is 26.7. The Kier molecular flexibility index (Phi) is 3.64. The number of fused-ring (bicyclic) bond motifs is 2. The molecule has 1 N–H and O–H groups in total. The highest BCUT2D eigenvalue weighted by atomic mass is 16.6. The van der Waals surface area contributed by atoms with Gasteiger partial charge in [0, 0.05) is 6.54 Å². The second-order valence-corrected chi connectivity index (χ2v) is 5.51. The number of benzene rings is 1. The summed E-state index contributed by atoms with van der Waals surface area (Å²) in [7, 11) is 0. The first kappa shape index (κ1) is 13.7. The fourth-order valence-electron chi connectivity index (χ4n) is 3.03. The molecule has 0 saturated carbocycles. The molecule has 3 unspecified atom stereocenters. The molecule has 1 aromatic carbocycles. The quantitative estimate of drug-likeness (QED) is 0.866. The van der Waals surface area contributed by atoms with E-state index in [1.165, 1.54) is 4.90 Å². The number of hydrogen-bond acceptors (Lipinski definition) is 3. The first-order valence-corrected chi connectivity index (χ1v) is 7.03. The van der Waals surface area contributed by atoms with Crippen molar-refractivity contribution >= 4 is 12.1 Å². The molecule has 2 bridgehead atoms. The molecule has 0 spiro atoms. The number of amides is 1. The van der Waals surface area contributed by atoms with E-state index in [1.807, 2.05) is 42.5 Å². The molecule has 5 nitrogen and oxygen atoms in total. The molecule has 1 amide bonds. The van der Waals surface area contributed by atoms with Gasteiger partial charge in [0.25, 0.3) is 0 Å². The van der Waals surface area contributed by atoms with Crippen LogP contribution in [-0.2, 0) is 16.1 Å². The summed E-state index contributed by atoms with van der Waals surface area (Å²) in [6, 6.07) is 9.04. The zero-order valence-electron chi connectivity index (χ0n) is 11.5. The number of carbonyl (C=O) groups excluding carboxylic acids is 1.